The predicted octanol–water partition coefficient (Wildman–Crippen LogP) is 3.37. The van der Waals surface area contributed by atoms with Crippen molar-refractivity contribution in [2.45, 2.75) is 57.7 Å². The number of anilines is 1. The zero-order valence-electron chi connectivity index (χ0n) is 22.1. The maximum Gasteiger partial charge on any atom is 0.271 e. The van der Waals surface area contributed by atoms with Gasteiger partial charge in [-0.1, -0.05) is 37.5 Å². The number of carbonyl (C=O) groups is 2. The Morgan fingerprint density at radius 1 is 1.18 bits per heavy atom. The van der Waals surface area contributed by atoms with Gasteiger partial charge in [-0.05, 0) is 31.9 Å². The number of non-ortho nitro benzene ring substituents is 1. The zero-order valence-corrected chi connectivity index (χ0v) is 22.9. The normalized spacial score (nSPS) is 14.8. The van der Waals surface area contributed by atoms with E-state index < -0.39 is 50.9 Å². The summed E-state index contributed by atoms with van der Waals surface area (Å²) in [5.41, 5.74) is -0.481. The fourth-order valence-electron chi connectivity index (χ4n) is 4.54. The molecule has 1 atom stereocenters. The van der Waals surface area contributed by atoms with E-state index in [0.29, 0.717) is 4.31 Å². The highest BCUT2D eigenvalue weighted by Gasteiger charge is 2.33. The molecule has 0 unspecified atom stereocenters. The third-order valence-corrected chi connectivity index (χ3v) is 7.86. The van der Waals surface area contributed by atoms with Gasteiger partial charge in [-0.15, -0.1) is 0 Å². The molecule has 1 fully saturated rings. The number of methoxy groups -OCH3 is 1. The van der Waals surface area contributed by atoms with E-state index in [2.05, 4.69) is 5.32 Å². The molecule has 2 aromatic rings. The Kier molecular flexibility index (Phi) is 9.84. The zero-order chi connectivity index (χ0) is 28.7. The van der Waals surface area contributed by atoms with Gasteiger partial charge in [0.05, 0.1) is 18.3 Å². The molecule has 0 radical (unpaired) electrons. The summed E-state index contributed by atoms with van der Waals surface area (Å²) in [6, 6.07) is 8.04. The predicted molar refractivity (Wildman–Crippen MR) is 143 cm³/mol. The topological polar surface area (TPSA) is 139 Å². The van der Waals surface area contributed by atoms with Crippen molar-refractivity contribution >= 4 is 33.2 Å². The van der Waals surface area contributed by atoms with Crippen LogP contribution in [0.2, 0.25) is 0 Å². The summed E-state index contributed by atoms with van der Waals surface area (Å²) < 4.78 is 46.1. The first kappa shape index (κ1) is 29.8. The van der Waals surface area contributed by atoms with Crippen molar-refractivity contribution in [3.63, 3.8) is 0 Å². The molecule has 13 heteroatoms. The van der Waals surface area contributed by atoms with Gasteiger partial charge in [0.2, 0.25) is 21.8 Å². The standard InChI is InChI=1S/C26H33FN4O7S/c1-18(26(33)28-20-10-5-4-6-11-20)29(16-19-9-7-8-12-22(19)27)25(32)17-30(39(3,36)37)23-15-21(31(34)35)13-14-24(23)38-2/h7-9,12-15,18,20H,4-6,10-11,16-17H2,1-3H3,(H,28,33)/t18-/m0/s1. The number of ether oxygens (including phenoxy) is 1. The van der Waals surface area contributed by atoms with Crippen molar-refractivity contribution < 1.29 is 32.1 Å². The van der Waals surface area contributed by atoms with Crippen LogP contribution in [0.15, 0.2) is 42.5 Å². The Balaban J connectivity index is 1.97. The van der Waals surface area contributed by atoms with Crippen LogP contribution in [0.25, 0.3) is 0 Å². The van der Waals surface area contributed by atoms with Gasteiger partial charge in [0.1, 0.15) is 29.8 Å². The SMILES string of the molecule is COc1ccc([N+](=O)[O-])cc1N(CC(=O)N(Cc1ccccc1F)[C@@H](C)C(=O)NC1CCCCC1)S(C)(=O)=O. The molecule has 1 saturated carbocycles. The Bertz CT molecular complexity index is 1320. The highest BCUT2D eigenvalue weighted by atomic mass is 32.2. The van der Waals surface area contributed by atoms with Crippen molar-refractivity contribution in [1.29, 1.82) is 0 Å². The fourth-order valence-corrected chi connectivity index (χ4v) is 5.39. The fraction of sp³-hybridized carbons (Fsp3) is 0.462. The number of sulfonamides is 1. The molecule has 1 aliphatic rings. The first-order chi connectivity index (χ1) is 18.4. The molecule has 1 N–H and O–H groups in total. The van der Waals surface area contributed by atoms with Gasteiger partial charge in [-0.25, -0.2) is 12.8 Å². The van der Waals surface area contributed by atoms with Gasteiger partial charge in [0, 0.05) is 30.3 Å². The van der Waals surface area contributed by atoms with Gasteiger partial charge in [-0.3, -0.25) is 24.0 Å². The molecule has 0 aliphatic heterocycles. The minimum Gasteiger partial charge on any atom is -0.495 e. The highest BCUT2D eigenvalue weighted by Crippen LogP contribution is 2.34. The molecule has 39 heavy (non-hydrogen) atoms. The van der Waals surface area contributed by atoms with Crippen LogP contribution < -0.4 is 14.4 Å². The Hall–Kier alpha value is -3.74. The molecule has 1 aliphatic carbocycles. The molecule has 0 heterocycles. The average Bonchev–Trinajstić information content (AvgIpc) is 2.90. The first-order valence-electron chi connectivity index (χ1n) is 12.6. The van der Waals surface area contributed by atoms with Crippen molar-refractivity contribution in [3.05, 3.63) is 64.0 Å². The number of rotatable bonds is 11. The average molecular weight is 565 g/mol. The van der Waals surface area contributed by atoms with Gasteiger partial charge in [-0.2, -0.15) is 0 Å². The van der Waals surface area contributed by atoms with Crippen molar-refractivity contribution in [2.24, 2.45) is 0 Å². The van der Waals surface area contributed by atoms with Crippen LogP contribution >= 0.6 is 0 Å². The van der Waals surface area contributed by atoms with Gasteiger partial charge in [0.15, 0.2) is 0 Å². The Morgan fingerprint density at radius 2 is 1.85 bits per heavy atom. The van der Waals surface area contributed by atoms with Crippen LogP contribution in [-0.2, 0) is 26.2 Å². The second-order valence-electron chi connectivity index (χ2n) is 9.52. The van der Waals surface area contributed by atoms with Crippen molar-refractivity contribution in [2.75, 3.05) is 24.2 Å². The van der Waals surface area contributed by atoms with E-state index in [9.17, 15) is 32.5 Å². The number of hydrogen-bond acceptors (Lipinski definition) is 7. The molecule has 3 rings (SSSR count). The molecular formula is C26H33FN4O7S. The van der Waals surface area contributed by atoms with E-state index in [1.54, 1.807) is 6.07 Å². The minimum atomic E-state index is -4.16. The summed E-state index contributed by atoms with van der Waals surface area (Å²) in [6.45, 7) is 0.399. The lowest BCUT2D eigenvalue weighted by Crippen LogP contribution is -2.53. The van der Waals surface area contributed by atoms with Crippen LogP contribution in [0.3, 0.4) is 0 Å². The van der Waals surface area contributed by atoms with Gasteiger partial charge in [0.25, 0.3) is 5.69 Å². The number of carbonyl (C=O) groups excluding carboxylic acids is 2. The molecule has 212 valence electrons. The summed E-state index contributed by atoms with van der Waals surface area (Å²) in [5.74, 6) is -1.84. The van der Waals surface area contributed by atoms with Crippen LogP contribution in [0.1, 0.15) is 44.6 Å². The monoisotopic (exact) mass is 564 g/mol. The summed E-state index contributed by atoms with van der Waals surface area (Å²) >= 11 is 0. The Morgan fingerprint density at radius 3 is 2.44 bits per heavy atom. The van der Waals surface area contributed by atoms with Crippen LogP contribution in [0.4, 0.5) is 15.8 Å². The molecular weight excluding hydrogens is 531 g/mol. The number of benzene rings is 2. The number of nitro benzene ring substituents is 1. The maximum absolute atomic E-state index is 14.6. The lowest BCUT2D eigenvalue weighted by Gasteiger charge is -2.33. The number of halogens is 1. The summed E-state index contributed by atoms with van der Waals surface area (Å²) in [7, 11) is -2.90. The van der Waals surface area contributed by atoms with E-state index in [4.69, 9.17) is 4.74 Å². The minimum absolute atomic E-state index is 0.0115. The molecule has 11 nitrogen and oxygen atoms in total. The number of nitrogens with one attached hydrogen (secondary N) is 1. The van der Waals surface area contributed by atoms with E-state index in [0.717, 1.165) is 55.4 Å². The van der Waals surface area contributed by atoms with Crippen LogP contribution in [0, 0.1) is 15.9 Å². The molecule has 0 aromatic heterocycles. The lowest BCUT2D eigenvalue weighted by atomic mass is 9.95. The van der Waals surface area contributed by atoms with E-state index in [-0.39, 0.29) is 29.6 Å². The second-order valence-corrected chi connectivity index (χ2v) is 11.4. The van der Waals surface area contributed by atoms with E-state index in [1.807, 2.05) is 0 Å². The number of nitro groups is 1. The summed E-state index contributed by atoms with van der Waals surface area (Å²) in [5, 5.41) is 14.3. The smallest absolute Gasteiger partial charge is 0.271 e. The van der Waals surface area contributed by atoms with Crippen LogP contribution in [-0.4, -0.2) is 62.0 Å². The Labute approximate surface area is 227 Å². The highest BCUT2D eigenvalue weighted by molar-refractivity contribution is 7.92. The summed E-state index contributed by atoms with van der Waals surface area (Å²) in [6.07, 6.45) is 5.51. The van der Waals surface area contributed by atoms with Gasteiger partial charge >= 0.3 is 0 Å². The first-order valence-corrected chi connectivity index (χ1v) is 14.4. The number of nitrogens with zero attached hydrogens (tertiary/aromatic N) is 3. The summed E-state index contributed by atoms with van der Waals surface area (Å²) in [4.78, 5) is 38.6. The third kappa shape index (κ3) is 7.65. The second kappa shape index (κ2) is 12.9. The molecule has 2 aromatic carbocycles. The molecule has 2 amide bonds. The molecule has 0 bridgehead atoms. The quantitative estimate of drug-likeness (QED) is 0.326. The molecule has 0 saturated heterocycles. The number of hydrogen-bond donors (Lipinski definition) is 1. The van der Waals surface area contributed by atoms with E-state index >= 15 is 0 Å². The molecule has 0 spiro atoms. The van der Waals surface area contributed by atoms with Crippen molar-refractivity contribution in [3.8, 4) is 5.75 Å². The third-order valence-electron chi connectivity index (χ3n) is 6.74. The largest absolute Gasteiger partial charge is 0.495 e. The maximum atomic E-state index is 14.6. The van der Waals surface area contributed by atoms with Gasteiger partial charge < -0.3 is 15.0 Å². The number of amides is 2. The van der Waals surface area contributed by atoms with Crippen LogP contribution in [0.5, 0.6) is 5.75 Å². The van der Waals surface area contributed by atoms with Crippen molar-refractivity contribution in [1.82, 2.24) is 10.2 Å². The van der Waals surface area contributed by atoms with E-state index in [1.165, 1.54) is 38.3 Å². The lowest BCUT2D eigenvalue weighted by molar-refractivity contribution is -0.384.